The molecule has 0 spiro atoms. The summed E-state index contributed by atoms with van der Waals surface area (Å²) >= 11 is 0. The average Bonchev–Trinajstić information content (AvgIpc) is 2.72. The van der Waals surface area contributed by atoms with Gasteiger partial charge >= 0.3 is 5.97 Å². The molecule has 0 radical (unpaired) electrons. The summed E-state index contributed by atoms with van der Waals surface area (Å²) < 4.78 is 49.9. The maximum Gasteiger partial charge on any atom is 0.330 e. The summed E-state index contributed by atoms with van der Waals surface area (Å²) in [4.78, 5) is 13.1. The molecule has 32 heavy (non-hydrogen) atoms. The van der Waals surface area contributed by atoms with Crippen molar-refractivity contribution in [3.8, 4) is 12.3 Å². The van der Waals surface area contributed by atoms with Crippen molar-refractivity contribution in [1.29, 1.82) is 0 Å². The van der Waals surface area contributed by atoms with Gasteiger partial charge in [-0.15, -0.1) is 6.42 Å². The van der Waals surface area contributed by atoms with Crippen LogP contribution in [0.1, 0.15) is 54.6 Å². The van der Waals surface area contributed by atoms with Crippen molar-refractivity contribution < 1.29 is 22.7 Å². The molecule has 0 saturated heterocycles. The van der Waals surface area contributed by atoms with Gasteiger partial charge in [0.1, 0.15) is 17.3 Å². The summed E-state index contributed by atoms with van der Waals surface area (Å²) in [6.45, 7) is 4.80. The fourth-order valence-electron chi connectivity index (χ4n) is 4.20. The van der Waals surface area contributed by atoms with Gasteiger partial charge in [-0.1, -0.05) is 12.0 Å². The summed E-state index contributed by atoms with van der Waals surface area (Å²) in [7, 11) is 1.21. The molecule has 2 aromatic rings. The minimum absolute atomic E-state index is 0.00195. The Hall–Kier alpha value is -3.04. The third-order valence-corrected chi connectivity index (χ3v) is 5.56. The van der Waals surface area contributed by atoms with Crippen LogP contribution in [0.5, 0.6) is 0 Å². The first-order valence-electron chi connectivity index (χ1n) is 10.3. The molecule has 0 saturated carbocycles. The Balaban J connectivity index is 2.16. The molecule has 3 nitrogen and oxygen atoms in total. The molecule has 1 aliphatic heterocycles. The van der Waals surface area contributed by atoms with Crippen molar-refractivity contribution in [2.24, 2.45) is 0 Å². The molecule has 6 heteroatoms. The van der Waals surface area contributed by atoms with Crippen LogP contribution in [0.15, 0.2) is 36.4 Å². The summed E-state index contributed by atoms with van der Waals surface area (Å²) in [5, 5.41) is 0. The van der Waals surface area contributed by atoms with Crippen LogP contribution in [0.4, 0.5) is 13.2 Å². The zero-order valence-corrected chi connectivity index (χ0v) is 18.6. The van der Waals surface area contributed by atoms with E-state index in [1.54, 1.807) is 17.0 Å². The van der Waals surface area contributed by atoms with Crippen LogP contribution in [0.3, 0.4) is 0 Å². The summed E-state index contributed by atoms with van der Waals surface area (Å²) in [5.41, 5.74) is 0.711. The van der Waals surface area contributed by atoms with Crippen molar-refractivity contribution in [1.82, 2.24) is 4.90 Å². The van der Waals surface area contributed by atoms with Crippen LogP contribution in [0, 0.1) is 24.0 Å². The highest BCUT2D eigenvalue weighted by atomic mass is 19.1. The molecule has 0 unspecified atom stereocenters. The Morgan fingerprint density at radius 2 is 1.94 bits per heavy atom. The van der Waals surface area contributed by atoms with Crippen LogP contribution >= 0.6 is 0 Å². The first-order chi connectivity index (χ1) is 15.0. The Morgan fingerprint density at radius 3 is 2.50 bits per heavy atom. The third-order valence-electron chi connectivity index (χ3n) is 5.56. The normalized spacial score (nSPS) is 18.9. The smallest absolute Gasteiger partial charge is 0.330 e. The molecule has 1 heterocycles. The van der Waals surface area contributed by atoms with Gasteiger partial charge in [-0.05, 0) is 74.2 Å². The van der Waals surface area contributed by atoms with Gasteiger partial charge in [0.2, 0.25) is 0 Å². The van der Waals surface area contributed by atoms with E-state index in [1.165, 1.54) is 27.0 Å². The Morgan fingerprint density at radius 1 is 1.28 bits per heavy atom. The molecule has 0 fully saturated rings. The number of methoxy groups -OCH3 is 1. The number of halogens is 3. The van der Waals surface area contributed by atoms with E-state index < -0.39 is 29.3 Å². The predicted octanol–water partition coefficient (Wildman–Crippen LogP) is 5.22. The molecule has 168 valence electrons. The van der Waals surface area contributed by atoms with Gasteiger partial charge < -0.3 is 4.74 Å². The van der Waals surface area contributed by atoms with Gasteiger partial charge in [0, 0.05) is 29.8 Å². The molecule has 3 rings (SSSR count). The van der Waals surface area contributed by atoms with Crippen molar-refractivity contribution in [2.45, 2.75) is 44.9 Å². The van der Waals surface area contributed by atoms with Gasteiger partial charge in [-0.3, -0.25) is 4.90 Å². The largest absolute Gasteiger partial charge is 0.466 e. The summed E-state index contributed by atoms with van der Waals surface area (Å²) in [6.07, 6.45) is 8.48. The highest BCUT2D eigenvalue weighted by Crippen LogP contribution is 2.41. The number of terminal acetylenes is 1. The lowest BCUT2D eigenvalue weighted by Gasteiger charge is -2.44. The van der Waals surface area contributed by atoms with E-state index in [0.717, 1.165) is 23.8 Å². The first kappa shape index (κ1) is 23.6. The van der Waals surface area contributed by atoms with E-state index in [4.69, 9.17) is 6.42 Å². The van der Waals surface area contributed by atoms with Gasteiger partial charge in [0.15, 0.2) is 0 Å². The van der Waals surface area contributed by atoms with Crippen LogP contribution < -0.4 is 0 Å². The van der Waals surface area contributed by atoms with Crippen LogP contribution in [-0.4, -0.2) is 36.2 Å². The zero-order valence-electron chi connectivity index (χ0n) is 18.6. The van der Waals surface area contributed by atoms with Crippen LogP contribution in [0.25, 0.3) is 6.08 Å². The molecule has 0 amide bonds. The van der Waals surface area contributed by atoms with E-state index >= 15 is 8.78 Å². The number of nitrogens with zero attached hydrogens (tertiary/aromatic N) is 1. The SMILES string of the molecule is C#Cc1ccc2c(c1)C[C@@H](C)N(CC(C)(C)F)[C@@H]2c1c(F)cc(/C=C/C(=O)OC)cc1F. The molecule has 1 aliphatic rings. The molecule has 2 aromatic carbocycles. The molecule has 0 aliphatic carbocycles. The number of hydrogen-bond donors (Lipinski definition) is 0. The second kappa shape index (κ2) is 9.22. The first-order valence-corrected chi connectivity index (χ1v) is 10.3. The molecule has 0 aromatic heterocycles. The van der Waals surface area contributed by atoms with Gasteiger partial charge in [0.25, 0.3) is 0 Å². The number of ether oxygens (including phenoxy) is 1. The molecule has 0 N–H and O–H groups in total. The highest BCUT2D eigenvalue weighted by molar-refractivity contribution is 5.86. The summed E-state index contributed by atoms with van der Waals surface area (Å²) in [5.74, 6) is 0.402. The maximum atomic E-state index is 15.3. The molecule has 2 atom stereocenters. The van der Waals surface area contributed by atoms with Crippen molar-refractivity contribution in [3.63, 3.8) is 0 Å². The van der Waals surface area contributed by atoms with E-state index in [-0.39, 0.29) is 23.7 Å². The zero-order chi connectivity index (χ0) is 23.6. The fourth-order valence-corrected chi connectivity index (χ4v) is 4.20. The Labute approximate surface area is 186 Å². The van der Waals surface area contributed by atoms with Gasteiger partial charge in [-0.25, -0.2) is 18.0 Å². The standard InChI is InChI=1S/C26H26F3NO2/c1-6-17-7-9-20-19(12-17)11-16(2)30(15-26(3,4)29)25(20)24-21(27)13-18(14-22(24)28)8-10-23(31)32-5/h1,7-10,12-14,16,25H,11,15H2,2-5H3/b10-8+/t16-,25+/m1/s1. The number of carbonyl (C=O) groups is 1. The minimum atomic E-state index is -1.57. The van der Waals surface area contributed by atoms with Crippen molar-refractivity contribution in [3.05, 3.63) is 75.9 Å². The Kier molecular flexibility index (Phi) is 6.80. The van der Waals surface area contributed by atoms with Crippen molar-refractivity contribution >= 4 is 12.0 Å². The highest BCUT2D eigenvalue weighted by Gasteiger charge is 2.39. The topological polar surface area (TPSA) is 29.5 Å². The lowest BCUT2D eigenvalue weighted by molar-refractivity contribution is -0.134. The number of esters is 1. The van der Waals surface area contributed by atoms with E-state index in [2.05, 4.69) is 10.7 Å². The monoisotopic (exact) mass is 441 g/mol. The average molecular weight is 441 g/mol. The number of fused-ring (bicyclic) bond motifs is 1. The number of carbonyl (C=O) groups excluding carboxylic acids is 1. The van der Waals surface area contributed by atoms with Gasteiger partial charge in [0.05, 0.1) is 13.2 Å². The third kappa shape index (κ3) is 5.05. The van der Waals surface area contributed by atoms with Gasteiger partial charge in [-0.2, -0.15) is 0 Å². The van der Waals surface area contributed by atoms with E-state index in [9.17, 15) is 9.18 Å². The van der Waals surface area contributed by atoms with E-state index in [1.807, 2.05) is 13.0 Å². The predicted molar refractivity (Wildman–Crippen MR) is 119 cm³/mol. The maximum absolute atomic E-state index is 15.3. The second-order valence-corrected chi connectivity index (χ2v) is 8.66. The Bertz CT molecular complexity index is 1070. The molecular formula is C26H26F3NO2. The lowest BCUT2D eigenvalue weighted by Crippen LogP contribution is -2.48. The number of alkyl halides is 1. The van der Waals surface area contributed by atoms with Crippen LogP contribution in [-0.2, 0) is 16.0 Å². The number of benzene rings is 2. The van der Waals surface area contributed by atoms with E-state index in [0.29, 0.717) is 17.5 Å². The minimum Gasteiger partial charge on any atom is -0.466 e. The molecular weight excluding hydrogens is 415 g/mol. The summed E-state index contributed by atoms with van der Waals surface area (Å²) in [6, 6.07) is 6.66. The second-order valence-electron chi connectivity index (χ2n) is 8.66. The number of rotatable bonds is 5. The number of hydrogen-bond acceptors (Lipinski definition) is 3. The molecule has 0 bridgehead atoms. The van der Waals surface area contributed by atoms with Crippen molar-refractivity contribution in [2.75, 3.05) is 13.7 Å². The van der Waals surface area contributed by atoms with Crippen LogP contribution in [0.2, 0.25) is 0 Å². The fraction of sp³-hybridized carbons (Fsp3) is 0.346. The quantitative estimate of drug-likeness (QED) is 0.362. The lowest BCUT2D eigenvalue weighted by atomic mass is 9.83.